The second-order valence-electron chi connectivity index (χ2n) is 7.77. The van der Waals surface area contributed by atoms with Gasteiger partial charge in [-0.25, -0.2) is 13.8 Å². The lowest BCUT2D eigenvalue weighted by atomic mass is 9.92. The molecule has 6 heteroatoms. The van der Waals surface area contributed by atoms with Crippen LogP contribution in [0, 0.1) is 11.6 Å². The number of pyridine rings is 1. The second kappa shape index (κ2) is 9.81. The highest BCUT2D eigenvalue weighted by molar-refractivity contribution is 5.69. The van der Waals surface area contributed by atoms with Gasteiger partial charge in [0, 0.05) is 23.7 Å². The highest BCUT2D eigenvalue weighted by atomic mass is 19.1. The Hall–Kier alpha value is -2.50. The zero-order valence-corrected chi connectivity index (χ0v) is 16.7. The first kappa shape index (κ1) is 21.2. The molecule has 0 saturated heterocycles. The highest BCUT2D eigenvalue weighted by Gasteiger charge is 2.22. The molecule has 0 radical (unpaired) electrons. The average molecular weight is 403 g/mol. The number of nitrogens with zero attached hydrogens (tertiary/aromatic N) is 1. The number of carboxylic acids is 1. The van der Waals surface area contributed by atoms with Gasteiger partial charge in [0.2, 0.25) is 5.88 Å². The molecule has 1 N–H and O–H groups in total. The molecule has 1 aliphatic rings. The molecule has 4 nitrogen and oxygen atoms in total. The van der Waals surface area contributed by atoms with E-state index in [0.29, 0.717) is 36.3 Å². The van der Waals surface area contributed by atoms with Crippen LogP contribution in [0.1, 0.15) is 69.8 Å². The van der Waals surface area contributed by atoms with Crippen molar-refractivity contribution >= 4 is 5.97 Å². The molecule has 1 unspecified atom stereocenters. The number of hydrogen-bond acceptors (Lipinski definition) is 3. The van der Waals surface area contributed by atoms with Gasteiger partial charge in [-0.1, -0.05) is 13.3 Å². The normalized spacial score (nSPS) is 15.4. The number of unbranched alkanes of at least 4 members (excludes halogenated alkanes) is 1. The van der Waals surface area contributed by atoms with Crippen LogP contribution in [0.4, 0.5) is 8.78 Å². The summed E-state index contributed by atoms with van der Waals surface area (Å²) in [5, 5.41) is 8.70. The van der Waals surface area contributed by atoms with Crippen molar-refractivity contribution in [1.29, 1.82) is 0 Å². The summed E-state index contributed by atoms with van der Waals surface area (Å²) in [6, 6.07) is 6.17. The first-order valence-electron chi connectivity index (χ1n) is 10.3. The third-order valence-corrected chi connectivity index (χ3v) is 5.51. The van der Waals surface area contributed by atoms with Crippen molar-refractivity contribution in [3.63, 3.8) is 0 Å². The fourth-order valence-corrected chi connectivity index (χ4v) is 3.95. The standard InChI is InChI=1S/C23H27F2NO3/c1-15(7-2-5-11-21(27)28)22-19(24)13-16(14-20(22)25)18-10-6-12-26-23(18)29-17-8-3-4-9-17/h6,10,12-15,17H,2-5,7-9,11H2,1H3,(H,27,28). The molecule has 1 heterocycles. The monoisotopic (exact) mass is 403 g/mol. The number of aliphatic carboxylic acids is 1. The van der Waals surface area contributed by atoms with Gasteiger partial charge in [-0.15, -0.1) is 0 Å². The molecule has 0 bridgehead atoms. The van der Waals surface area contributed by atoms with Gasteiger partial charge in [-0.3, -0.25) is 4.79 Å². The molecule has 1 aromatic heterocycles. The molecular formula is C23H27F2NO3. The van der Waals surface area contributed by atoms with Crippen LogP contribution in [0.5, 0.6) is 5.88 Å². The topological polar surface area (TPSA) is 59.4 Å². The Morgan fingerprint density at radius 2 is 1.93 bits per heavy atom. The maximum absolute atomic E-state index is 14.8. The molecule has 1 fully saturated rings. The number of benzene rings is 1. The third-order valence-electron chi connectivity index (χ3n) is 5.51. The zero-order valence-electron chi connectivity index (χ0n) is 16.7. The first-order valence-corrected chi connectivity index (χ1v) is 10.3. The Kier molecular flexibility index (Phi) is 7.18. The number of rotatable bonds is 9. The van der Waals surface area contributed by atoms with Crippen LogP contribution in [0.2, 0.25) is 0 Å². The maximum Gasteiger partial charge on any atom is 0.303 e. The Morgan fingerprint density at radius 3 is 2.59 bits per heavy atom. The van der Waals surface area contributed by atoms with E-state index in [9.17, 15) is 13.6 Å². The number of ether oxygens (including phenoxy) is 1. The molecule has 1 aromatic carbocycles. The van der Waals surface area contributed by atoms with Gasteiger partial charge in [0.25, 0.3) is 0 Å². The molecule has 0 aliphatic heterocycles. The summed E-state index contributed by atoms with van der Waals surface area (Å²) >= 11 is 0. The molecule has 3 rings (SSSR count). The molecule has 1 saturated carbocycles. The lowest BCUT2D eigenvalue weighted by Crippen LogP contribution is -2.12. The largest absolute Gasteiger partial charge is 0.481 e. The Balaban J connectivity index is 1.78. The van der Waals surface area contributed by atoms with Crippen LogP contribution >= 0.6 is 0 Å². The summed E-state index contributed by atoms with van der Waals surface area (Å²) in [5.41, 5.74) is 1.03. The number of halogens is 2. The predicted octanol–water partition coefficient (Wildman–Crippen LogP) is 6.10. The van der Waals surface area contributed by atoms with Gasteiger partial charge < -0.3 is 9.84 Å². The van der Waals surface area contributed by atoms with Crippen molar-refractivity contribution in [1.82, 2.24) is 4.98 Å². The van der Waals surface area contributed by atoms with Crippen LogP contribution < -0.4 is 4.74 Å². The SMILES string of the molecule is CC(CCCCC(=O)O)c1c(F)cc(-c2cccnc2OC2CCCC2)cc1F. The van der Waals surface area contributed by atoms with Crippen LogP contribution in [0.15, 0.2) is 30.5 Å². The van der Waals surface area contributed by atoms with Crippen LogP contribution in [0.3, 0.4) is 0 Å². The number of carboxylic acid groups (broad SMARTS) is 1. The minimum atomic E-state index is -0.855. The van der Waals surface area contributed by atoms with Crippen molar-refractivity contribution in [2.45, 2.75) is 70.3 Å². The van der Waals surface area contributed by atoms with Crippen molar-refractivity contribution in [2.24, 2.45) is 0 Å². The molecule has 29 heavy (non-hydrogen) atoms. The molecule has 1 atom stereocenters. The Bertz CT molecular complexity index is 827. The summed E-state index contributed by atoms with van der Waals surface area (Å²) in [5.74, 6) is -1.97. The molecule has 0 spiro atoms. The smallest absolute Gasteiger partial charge is 0.303 e. The van der Waals surface area contributed by atoms with E-state index in [0.717, 1.165) is 25.7 Å². The summed E-state index contributed by atoms with van der Waals surface area (Å²) in [6.45, 7) is 1.76. The maximum atomic E-state index is 14.8. The van der Waals surface area contributed by atoms with Gasteiger partial charge in [-0.05, 0) is 74.3 Å². The third kappa shape index (κ3) is 5.52. The minimum absolute atomic E-state index is 0.0474. The number of aromatic nitrogens is 1. The predicted molar refractivity (Wildman–Crippen MR) is 107 cm³/mol. The van der Waals surface area contributed by atoms with Gasteiger partial charge in [-0.2, -0.15) is 0 Å². The van der Waals surface area contributed by atoms with E-state index < -0.39 is 17.6 Å². The Morgan fingerprint density at radius 1 is 1.24 bits per heavy atom. The lowest BCUT2D eigenvalue weighted by Gasteiger charge is -2.17. The number of carbonyl (C=O) groups is 1. The van der Waals surface area contributed by atoms with E-state index in [-0.39, 0.29) is 24.0 Å². The van der Waals surface area contributed by atoms with Crippen molar-refractivity contribution in [3.8, 4) is 17.0 Å². The van der Waals surface area contributed by atoms with E-state index in [1.165, 1.54) is 12.1 Å². The molecule has 2 aromatic rings. The van der Waals surface area contributed by atoms with Crippen LogP contribution in [-0.2, 0) is 4.79 Å². The average Bonchev–Trinajstić information content (AvgIpc) is 3.18. The van der Waals surface area contributed by atoms with Crippen molar-refractivity contribution in [2.75, 3.05) is 0 Å². The highest BCUT2D eigenvalue weighted by Crippen LogP contribution is 2.35. The number of hydrogen-bond donors (Lipinski definition) is 1. The Labute approximate surface area is 169 Å². The molecule has 156 valence electrons. The quantitative estimate of drug-likeness (QED) is 0.514. The van der Waals surface area contributed by atoms with E-state index in [1.54, 1.807) is 25.3 Å². The summed E-state index contributed by atoms with van der Waals surface area (Å²) in [7, 11) is 0. The minimum Gasteiger partial charge on any atom is -0.481 e. The lowest BCUT2D eigenvalue weighted by molar-refractivity contribution is -0.137. The zero-order chi connectivity index (χ0) is 20.8. The van der Waals surface area contributed by atoms with E-state index in [1.807, 2.05) is 0 Å². The van der Waals surface area contributed by atoms with Gasteiger partial charge in [0.05, 0.1) is 0 Å². The molecule has 1 aliphatic carbocycles. The van der Waals surface area contributed by atoms with Crippen LogP contribution in [-0.4, -0.2) is 22.2 Å². The van der Waals surface area contributed by atoms with Gasteiger partial charge >= 0.3 is 5.97 Å². The molecular weight excluding hydrogens is 376 g/mol. The summed E-state index contributed by atoms with van der Waals surface area (Å²) in [6.07, 6.45) is 7.61. The van der Waals surface area contributed by atoms with Crippen LogP contribution in [0.25, 0.3) is 11.1 Å². The first-order chi connectivity index (χ1) is 14.0. The fourth-order valence-electron chi connectivity index (χ4n) is 3.95. The van der Waals surface area contributed by atoms with E-state index in [2.05, 4.69) is 4.98 Å². The summed E-state index contributed by atoms with van der Waals surface area (Å²) in [4.78, 5) is 14.9. The van der Waals surface area contributed by atoms with E-state index in [4.69, 9.17) is 9.84 Å². The molecule has 0 amide bonds. The summed E-state index contributed by atoms with van der Waals surface area (Å²) < 4.78 is 35.7. The van der Waals surface area contributed by atoms with Gasteiger partial charge in [0.15, 0.2) is 0 Å². The second-order valence-corrected chi connectivity index (χ2v) is 7.77. The fraction of sp³-hybridized carbons (Fsp3) is 0.478. The van der Waals surface area contributed by atoms with Gasteiger partial charge in [0.1, 0.15) is 17.7 Å². The van der Waals surface area contributed by atoms with E-state index >= 15 is 0 Å². The van der Waals surface area contributed by atoms with Crippen molar-refractivity contribution < 1.29 is 23.4 Å². The van der Waals surface area contributed by atoms with Crippen molar-refractivity contribution in [3.05, 3.63) is 47.7 Å².